The first-order chi connectivity index (χ1) is 11.5. The largest absolute Gasteiger partial charge is 0.477 e. The number of benzene rings is 1. The summed E-state index contributed by atoms with van der Waals surface area (Å²) < 4.78 is 43.4. The Morgan fingerprint density at radius 1 is 1.17 bits per heavy atom. The first kappa shape index (κ1) is 16.8. The molecule has 2 N–H and O–H groups in total. The maximum Gasteiger partial charge on any atom is 0.416 e. The smallest absolute Gasteiger partial charge is 0.416 e. The summed E-state index contributed by atoms with van der Waals surface area (Å²) in [6, 6.07) is 7.36. The molecule has 0 spiro atoms. The standard InChI is InChI=1S/C17H20F3N3O/c1-2-24-16-8-15(22-23-16)13-7-12(9-21-10-13)11-3-5-14(6-4-11)17(18,19)20/h3-6,8,12-13,21H,2,7,9-10H2,1H3,(H,22,23). The minimum absolute atomic E-state index is 0.171. The predicted molar refractivity (Wildman–Crippen MR) is 84.2 cm³/mol. The SMILES string of the molecule is CCOc1cc(C2CNCC(c3ccc(C(F)(F)F)cc3)C2)[nH]n1. The molecule has 4 nitrogen and oxygen atoms in total. The van der Waals surface area contributed by atoms with Gasteiger partial charge in [-0.3, -0.25) is 5.10 Å². The summed E-state index contributed by atoms with van der Waals surface area (Å²) >= 11 is 0. The van der Waals surface area contributed by atoms with Crippen molar-refractivity contribution in [3.05, 3.63) is 47.2 Å². The number of hydrogen-bond donors (Lipinski definition) is 2. The molecule has 0 saturated carbocycles. The van der Waals surface area contributed by atoms with Crippen LogP contribution >= 0.6 is 0 Å². The number of nitrogens with one attached hydrogen (secondary N) is 2. The molecule has 7 heteroatoms. The van der Waals surface area contributed by atoms with Crippen LogP contribution in [0.5, 0.6) is 5.88 Å². The molecule has 3 rings (SSSR count). The molecule has 1 saturated heterocycles. The monoisotopic (exact) mass is 339 g/mol. The van der Waals surface area contributed by atoms with Gasteiger partial charge in [0.1, 0.15) is 0 Å². The quantitative estimate of drug-likeness (QED) is 0.893. The maximum absolute atomic E-state index is 12.7. The van der Waals surface area contributed by atoms with Gasteiger partial charge in [-0.2, -0.15) is 13.2 Å². The molecule has 2 aromatic rings. The number of nitrogens with zero attached hydrogens (tertiary/aromatic N) is 1. The lowest BCUT2D eigenvalue weighted by atomic mass is 9.84. The minimum Gasteiger partial charge on any atom is -0.477 e. The van der Waals surface area contributed by atoms with Crippen LogP contribution in [0.4, 0.5) is 13.2 Å². The van der Waals surface area contributed by atoms with Crippen LogP contribution in [0, 0.1) is 0 Å². The average Bonchev–Trinajstić information content (AvgIpc) is 3.03. The third kappa shape index (κ3) is 3.72. The number of piperidine rings is 1. The molecule has 0 amide bonds. The number of H-pyrrole nitrogens is 1. The number of alkyl halides is 3. The topological polar surface area (TPSA) is 49.9 Å². The van der Waals surface area contributed by atoms with E-state index in [1.165, 1.54) is 0 Å². The van der Waals surface area contributed by atoms with Gasteiger partial charge in [0.15, 0.2) is 0 Å². The fourth-order valence-electron chi connectivity index (χ4n) is 3.13. The van der Waals surface area contributed by atoms with Gasteiger partial charge in [0, 0.05) is 30.8 Å². The highest BCUT2D eigenvalue weighted by molar-refractivity contribution is 5.29. The molecule has 2 unspecified atom stereocenters. The van der Waals surface area contributed by atoms with Crippen LogP contribution in [-0.2, 0) is 6.18 Å². The van der Waals surface area contributed by atoms with E-state index in [1.807, 2.05) is 13.0 Å². The molecular weight excluding hydrogens is 319 g/mol. The highest BCUT2D eigenvalue weighted by atomic mass is 19.4. The third-order valence-electron chi connectivity index (χ3n) is 4.37. The predicted octanol–water partition coefficient (Wildman–Crippen LogP) is 3.69. The van der Waals surface area contributed by atoms with Crippen molar-refractivity contribution in [2.24, 2.45) is 0 Å². The second-order valence-corrected chi connectivity index (χ2v) is 6.00. The van der Waals surface area contributed by atoms with Crippen molar-refractivity contribution < 1.29 is 17.9 Å². The first-order valence-corrected chi connectivity index (χ1v) is 8.03. The van der Waals surface area contributed by atoms with Crippen LogP contribution in [0.25, 0.3) is 0 Å². The van der Waals surface area contributed by atoms with Crippen LogP contribution in [0.15, 0.2) is 30.3 Å². The Morgan fingerprint density at radius 3 is 2.54 bits per heavy atom. The van der Waals surface area contributed by atoms with Gasteiger partial charge >= 0.3 is 6.18 Å². The summed E-state index contributed by atoms with van der Waals surface area (Å²) in [5.74, 6) is 0.974. The van der Waals surface area contributed by atoms with E-state index >= 15 is 0 Å². The van der Waals surface area contributed by atoms with E-state index in [4.69, 9.17) is 4.74 Å². The second-order valence-electron chi connectivity index (χ2n) is 6.00. The van der Waals surface area contributed by atoms with Gasteiger partial charge < -0.3 is 10.1 Å². The van der Waals surface area contributed by atoms with E-state index in [-0.39, 0.29) is 11.8 Å². The minimum atomic E-state index is -4.29. The highest BCUT2D eigenvalue weighted by Crippen LogP contribution is 2.34. The van der Waals surface area contributed by atoms with Crippen LogP contribution in [0.3, 0.4) is 0 Å². The lowest BCUT2D eigenvalue weighted by Gasteiger charge is -2.29. The van der Waals surface area contributed by atoms with Gasteiger partial charge in [-0.1, -0.05) is 12.1 Å². The third-order valence-corrected chi connectivity index (χ3v) is 4.37. The van der Waals surface area contributed by atoms with Crippen molar-refractivity contribution in [3.8, 4) is 5.88 Å². The number of aromatic amines is 1. The Labute approximate surface area is 138 Å². The lowest BCUT2D eigenvalue weighted by Crippen LogP contribution is -2.34. The Morgan fingerprint density at radius 2 is 1.88 bits per heavy atom. The zero-order valence-corrected chi connectivity index (χ0v) is 13.4. The molecule has 1 aromatic carbocycles. The van der Waals surface area contributed by atoms with Crippen molar-refractivity contribution in [2.45, 2.75) is 31.4 Å². The fraction of sp³-hybridized carbons (Fsp3) is 0.471. The lowest BCUT2D eigenvalue weighted by molar-refractivity contribution is -0.137. The van der Waals surface area contributed by atoms with Gasteiger partial charge in [0.25, 0.3) is 0 Å². The maximum atomic E-state index is 12.7. The number of halogens is 3. The van der Waals surface area contributed by atoms with Crippen LogP contribution in [0.1, 0.15) is 42.0 Å². The summed E-state index contributed by atoms with van der Waals surface area (Å²) in [6.45, 7) is 4.03. The fourth-order valence-corrected chi connectivity index (χ4v) is 3.13. The van der Waals surface area contributed by atoms with E-state index in [1.54, 1.807) is 12.1 Å². The summed E-state index contributed by atoms with van der Waals surface area (Å²) in [5.41, 5.74) is 1.30. The molecule has 1 fully saturated rings. The summed E-state index contributed by atoms with van der Waals surface area (Å²) in [4.78, 5) is 0. The molecule has 0 aliphatic carbocycles. The summed E-state index contributed by atoms with van der Waals surface area (Å²) in [6.07, 6.45) is -3.44. The number of ether oxygens (including phenoxy) is 1. The molecule has 1 aliphatic rings. The number of aromatic nitrogens is 2. The van der Waals surface area contributed by atoms with Gasteiger partial charge in [-0.05, 0) is 37.0 Å². The van der Waals surface area contributed by atoms with Crippen LogP contribution in [0.2, 0.25) is 0 Å². The van der Waals surface area contributed by atoms with Crippen molar-refractivity contribution in [1.82, 2.24) is 15.5 Å². The molecule has 130 valence electrons. The Balaban J connectivity index is 1.70. The number of hydrogen-bond acceptors (Lipinski definition) is 3. The first-order valence-electron chi connectivity index (χ1n) is 8.03. The van der Waals surface area contributed by atoms with Crippen LogP contribution < -0.4 is 10.1 Å². The number of rotatable bonds is 4. The normalized spacial score (nSPS) is 21.7. The van der Waals surface area contributed by atoms with E-state index in [0.29, 0.717) is 12.5 Å². The van der Waals surface area contributed by atoms with Gasteiger partial charge in [-0.25, -0.2) is 0 Å². The summed E-state index contributed by atoms with van der Waals surface area (Å²) in [7, 11) is 0. The molecule has 0 bridgehead atoms. The van der Waals surface area contributed by atoms with E-state index < -0.39 is 11.7 Å². The van der Waals surface area contributed by atoms with Gasteiger partial charge in [-0.15, -0.1) is 5.10 Å². The van der Waals surface area contributed by atoms with Gasteiger partial charge in [0.2, 0.25) is 5.88 Å². The van der Waals surface area contributed by atoms with Crippen LogP contribution in [-0.4, -0.2) is 29.9 Å². The molecule has 2 atom stereocenters. The van der Waals surface area contributed by atoms with E-state index in [9.17, 15) is 13.2 Å². The van der Waals surface area contributed by atoms with Gasteiger partial charge in [0.05, 0.1) is 12.2 Å². The molecule has 24 heavy (non-hydrogen) atoms. The highest BCUT2D eigenvalue weighted by Gasteiger charge is 2.31. The zero-order chi connectivity index (χ0) is 17.2. The zero-order valence-electron chi connectivity index (χ0n) is 13.4. The van der Waals surface area contributed by atoms with Crippen molar-refractivity contribution in [1.29, 1.82) is 0 Å². The molecule has 0 radical (unpaired) electrons. The summed E-state index contributed by atoms with van der Waals surface area (Å²) in [5, 5.41) is 10.5. The van der Waals surface area contributed by atoms with E-state index in [0.717, 1.165) is 42.9 Å². The Hall–Kier alpha value is -2.02. The van der Waals surface area contributed by atoms with Crippen molar-refractivity contribution in [3.63, 3.8) is 0 Å². The second kappa shape index (κ2) is 6.84. The average molecular weight is 339 g/mol. The molecule has 1 aromatic heterocycles. The molecular formula is C17H20F3N3O. The molecule has 1 aliphatic heterocycles. The van der Waals surface area contributed by atoms with E-state index in [2.05, 4.69) is 15.5 Å². The Kier molecular flexibility index (Phi) is 4.80. The Bertz CT molecular complexity index is 666. The van der Waals surface area contributed by atoms with Crippen molar-refractivity contribution in [2.75, 3.05) is 19.7 Å². The molecule has 2 heterocycles. The van der Waals surface area contributed by atoms with Crippen molar-refractivity contribution >= 4 is 0 Å².